The fraction of sp³-hybridized carbons (Fsp3) is 0.875. The van der Waals surface area contributed by atoms with E-state index in [1.54, 1.807) is 0 Å². The molecule has 120 valence electrons. The van der Waals surface area contributed by atoms with Crippen molar-refractivity contribution in [2.24, 2.45) is 0 Å². The molecule has 0 aromatic rings. The summed E-state index contributed by atoms with van der Waals surface area (Å²) >= 11 is 0. The first-order valence-electron chi connectivity index (χ1n) is 8.16. The lowest BCUT2D eigenvalue weighted by molar-refractivity contribution is -0.161. The maximum atomic E-state index is 6.08. The second-order valence-corrected chi connectivity index (χ2v) is 6.68. The molecule has 0 bridgehead atoms. The molecular formula is C16H29BO4. The second kappa shape index (κ2) is 6.03. The molecule has 1 aliphatic carbocycles. The van der Waals surface area contributed by atoms with Crippen LogP contribution in [0.2, 0.25) is 0 Å². The molecule has 0 unspecified atom stereocenters. The predicted molar refractivity (Wildman–Crippen MR) is 84.0 cm³/mol. The summed E-state index contributed by atoms with van der Waals surface area (Å²) in [6.07, 6.45) is 4.78. The van der Waals surface area contributed by atoms with Gasteiger partial charge in [0.25, 0.3) is 0 Å². The molecule has 0 N–H and O–H groups in total. The Kier molecular flexibility index (Phi) is 4.89. The molecule has 0 aromatic heterocycles. The van der Waals surface area contributed by atoms with Crippen LogP contribution in [0.3, 0.4) is 0 Å². The summed E-state index contributed by atoms with van der Waals surface area (Å²) in [4.78, 5) is 0. The van der Waals surface area contributed by atoms with Crippen LogP contribution in [0.25, 0.3) is 0 Å². The van der Waals surface area contributed by atoms with Crippen LogP contribution in [0, 0.1) is 0 Å². The van der Waals surface area contributed by atoms with Gasteiger partial charge in [0.2, 0.25) is 0 Å². The first kappa shape index (κ1) is 17.0. The number of ether oxygens (including phenoxy) is 2. The summed E-state index contributed by atoms with van der Waals surface area (Å²) in [6, 6.07) is 0. The third kappa shape index (κ3) is 3.21. The molecule has 5 heteroatoms. The normalized spacial score (nSPS) is 29.0. The minimum Gasteiger partial charge on any atom is -0.400 e. The molecule has 21 heavy (non-hydrogen) atoms. The van der Waals surface area contributed by atoms with Crippen LogP contribution >= 0.6 is 0 Å². The number of hydrogen-bond donors (Lipinski definition) is 0. The van der Waals surface area contributed by atoms with Gasteiger partial charge in [0.05, 0.1) is 24.4 Å². The maximum absolute atomic E-state index is 6.08. The predicted octanol–water partition coefficient (Wildman–Crippen LogP) is 3.50. The fourth-order valence-electron chi connectivity index (χ4n) is 2.79. The third-order valence-electron chi connectivity index (χ3n) is 4.84. The van der Waals surface area contributed by atoms with Crippen LogP contribution in [-0.4, -0.2) is 37.3 Å². The lowest BCUT2D eigenvalue weighted by atomic mass is 9.71. The summed E-state index contributed by atoms with van der Waals surface area (Å²) in [6.45, 7) is 13.8. The van der Waals surface area contributed by atoms with E-state index in [9.17, 15) is 0 Å². The Hall–Kier alpha value is -0.355. The molecule has 3 rings (SSSR count). The van der Waals surface area contributed by atoms with Gasteiger partial charge in [-0.15, -0.1) is 0 Å². The van der Waals surface area contributed by atoms with Gasteiger partial charge in [-0.1, -0.05) is 19.9 Å². The van der Waals surface area contributed by atoms with Gasteiger partial charge in [-0.2, -0.15) is 0 Å². The Balaban J connectivity index is 0.000000774. The Morgan fingerprint density at radius 2 is 1.48 bits per heavy atom. The standard InChI is InChI=1S/C14H23BO4.C2H6/c1-12(2)13(3,4)19-15(18-12)11-5-7-14(8-6-11)16-9-10-17-14;1-2/h5H,6-10H2,1-4H3;1-2H3. The van der Waals surface area contributed by atoms with Crippen LogP contribution in [0.1, 0.15) is 60.8 Å². The summed E-state index contributed by atoms with van der Waals surface area (Å²) in [5.41, 5.74) is 0.686. The van der Waals surface area contributed by atoms with Crippen molar-refractivity contribution in [2.45, 2.75) is 77.8 Å². The molecule has 0 amide bonds. The molecule has 1 spiro atoms. The van der Waals surface area contributed by atoms with Gasteiger partial charge in [-0.25, -0.2) is 0 Å². The summed E-state index contributed by atoms with van der Waals surface area (Å²) in [5.74, 6) is -0.368. The highest BCUT2D eigenvalue weighted by Gasteiger charge is 2.53. The van der Waals surface area contributed by atoms with Gasteiger partial charge in [-0.05, 0) is 39.6 Å². The maximum Gasteiger partial charge on any atom is 0.490 e. The van der Waals surface area contributed by atoms with Crippen molar-refractivity contribution in [3.63, 3.8) is 0 Å². The summed E-state index contributed by atoms with van der Waals surface area (Å²) < 4.78 is 23.6. The van der Waals surface area contributed by atoms with E-state index in [4.69, 9.17) is 18.8 Å². The van der Waals surface area contributed by atoms with Crippen LogP contribution in [0.5, 0.6) is 0 Å². The lowest BCUT2D eigenvalue weighted by Crippen LogP contribution is -2.41. The number of rotatable bonds is 1. The van der Waals surface area contributed by atoms with Crippen molar-refractivity contribution < 1.29 is 18.8 Å². The largest absolute Gasteiger partial charge is 0.490 e. The smallest absolute Gasteiger partial charge is 0.400 e. The fourth-order valence-corrected chi connectivity index (χ4v) is 2.79. The third-order valence-corrected chi connectivity index (χ3v) is 4.84. The van der Waals surface area contributed by atoms with Crippen molar-refractivity contribution in [1.29, 1.82) is 0 Å². The van der Waals surface area contributed by atoms with Crippen molar-refractivity contribution >= 4 is 7.12 Å². The SMILES string of the molecule is CC.CC1(C)OB(C2=CCC3(CC2)OCCO3)OC1(C)C. The van der Waals surface area contributed by atoms with Gasteiger partial charge in [0.15, 0.2) is 5.79 Å². The van der Waals surface area contributed by atoms with Crippen molar-refractivity contribution in [2.75, 3.05) is 13.2 Å². The van der Waals surface area contributed by atoms with E-state index in [1.807, 2.05) is 13.8 Å². The molecule has 0 radical (unpaired) electrons. The van der Waals surface area contributed by atoms with E-state index in [0.29, 0.717) is 13.2 Å². The van der Waals surface area contributed by atoms with E-state index in [2.05, 4.69) is 33.8 Å². The summed E-state index contributed by atoms with van der Waals surface area (Å²) in [5, 5.41) is 0. The Bertz CT molecular complexity index is 381. The van der Waals surface area contributed by atoms with Gasteiger partial charge < -0.3 is 18.8 Å². The van der Waals surface area contributed by atoms with Gasteiger partial charge >= 0.3 is 7.12 Å². The van der Waals surface area contributed by atoms with Crippen molar-refractivity contribution in [3.05, 3.63) is 11.5 Å². The highest BCUT2D eigenvalue weighted by atomic mass is 16.7. The Labute approximate surface area is 129 Å². The molecule has 0 saturated carbocycles. The molecule has 4 nitrogen and oxygen atoms in total. The second-order valence-electron chi connectivity index (χ2n) is 6.68. The van der Waals surface area contributed by atoms with Crippen molar-refractivity contribution in [3.8, 4) is 0 Å². The Morgan fingerprint density at radius 1 is 0.952 bits per heavy atom. The average Bonchev–Trinajstić information content (AvgIpc) is 2.96. The van der Waals surface area contributed by atoms with Gasteiger partial charge in [-0.3, -0.25) is 0 Å². The molecule has 2 fully saturated rings. The minimum absolute atomic E-state index is 0.219. The molecular weight excluding hydrogens is 267 g/mol. The van der Waals surface area contributed by atoms with Crippen LogP contribution in [0.15, 0.2) is 11.5 Å². The van der Waals surface area contributed by atoms with Gasteiger partial charge in [0, 0.05) is 12.8 Å². The van der Waals surface area contributed by atoms with E-state index in [0.717, 1.165) is 19.3 Å². The minimum atomic E-state index is -0.368. The number of allylic oxidation sites excluding steroid dienone is 1. The van der Waals surface area contributed by atoms with Crippen LogP contribution in [-0.2, 0) is 18.8 Å². The highest BCUT2D eigenvalue weighted by molar-refractivity contribution is 6.54. The first-order valence-corrected chi connectivity index (χ1v) is 8.16. The highest BCUT2D eigenvalue weighted by Crippen LogP contribution is 2.42. The summed E-state index contributed by atoms with van der Waals surface area (Å²) in [7, 11) is -0.219. The van der Waals surface area contributed by atoms with E-state index in [1.165, 1.54) is 5.47 Å². The molecule has 2 aliphatic heterocycles. The Morgan fingerprint density at radius 3 is 1.90 bits per heavy atom. The molecule has 0 aromatic carbocycles. The van der Waals surface area contributed by atoms with Gasteiger partial charge in [0.1, 0.15) is 0 Å². The van der Waals surface area contributed by atoms with Crippen LogP contribution in [0.4, 0.5) is 0 Å². The first-order chi connectivity index (χ1) is 9.84. The lowest BCUT2D eigenvalue weighted by Gasteiger charge is -2.32. The molecule has 2 heterocycles. The van der Waals surface area contributed by atoms with E-state index in [-0.39, 0.29) is 24.1 Å². The zero-order valence-electron chi connectivity index (χ0n) is 14.3. The molecule has 0 atom stereocenters. The number of hydrogen-bond acceptors (Lipinski definition) is 4. The monoisotopic (exact) mass is 296 g/mol. The van der Waals surface area contributed by atoms with Crippen LogP contribution < -0.4 is 0 Å². The quantitative estimate of drug-likeness (QED) is 0.694. The topological polar surface area (TPSA) is 36.9 Å². The average molecular weight is 296 g/mol. The molecule has 3 aliphatic rings. The van der Waals surface area contributed by atoms with E-state index < -0.39 is 0 Å². The zero-order chi connectivity index (χ0) is 15.7. The zero-order valence-corrected chi connectivity index (χ0v) is 14.3. The molecule has 2 saturated heterocycles. The van der Waals surface area contributed by atoms with E-state index >= 15 is 0 Å². The van der Waals surface area contributed by atoms with Crippen molar-refractivity contribution in [1.82, 2.24) is 0 Å².